The summed E-state index contributed by atoms with van der Waals surface area (Å²) >= 11 is 0. The number of rotatable bonds is 2. The first kappa shape index (κ1) is 30.0. The highest BCUT2D eigenvalue weighted by molar-refractivity contribution is 6.43. The third-order valence-electron chi connectivity index (χ3n) is 13.5. The molecule has 0 radical (unpaired) electrons. The highest BCUT2D eigenvalue weighted by Crippen LogP contribution is 2.62. The van der Waals surface area contributed by atoms with E-state index in [0.717, 1.165) is 0 Å². The summed E-state index contributed by atoms with van der Waals surface area (Å²) in [5, 5.41) is 18.7. The predicted molar refractivity (Wildman–Crippen MR) is 245 cm³/mol. The summed E-state index contributed by atoms with van der Waals surface area (Å²) in [7, 11) is 0. The van der Waals surface area contributed by atoms with Gasteiger partial charge in [0.25, 0.3) is 0 Å². The molecule has 2 aliphatic carbocycles. The zero-order valence-corrected chi connectivity index (χ0v) is 31.2. The zero-order chi connectivity index (χ0) is 37.1. The molecule has 0 aromatic heterocycles. The molecule has 0 heterocycles. The van der Waals surface area contributed by atoms with Gasteiger partial charge in [-0.05, 0) is 149 Å². The van der Waals surface area contributed by atoms with Crippen molar-refractivity contribution in [1.82, 2.24) is 0 Å². The van der Waals surface area contributed by atoms with Gasteiger partial charge in [-0.15, -0.1) is 0 Å². The van der Waals surface area contributed by atoms with Crippen molar-refractivity contribution in [3.05, 3.63) is 181 Å². The Hall–Kier alpha value is -7.28. The lowest BCUT2D eigenvalue weighted by Gasteiger charge is -2.23. The van der Waals surface area contributed by atoms with Gasteiger partial charge < -0.3 is 0 Å². The smallest absolute Gasteiger partial charge is 0.000717 e. The molecule has 0 saturated heterocycles. The average molecular weight is 717 g/mol. The standard InChI is InChI=1S/C57H32/c1-31-20-21-36-39-22-23-40-42-26-28-45-53-46(29-27-43(52(42)53)41-24-25-44(47(36)30-31)50(39)51(40)41)57-49(33-14-6-3-7-15-33)55-38-19-11-9-17-35(38)34-16-8-10-18-37(34)54(55)48(56(45)57)32-12-4-2-5-13-32/h2-30H,1H3. The Morgan fingerprint density at radius 3 is 1.09 bits per heavy atom. The van der Waals surface area contributed by atoms with Gasteiger partial charge in [-0.3, -0.25) is 0 Å². The first-order valence-electron chi connectivity index (χ1n) is 20.1. The molecular formula is C57H32. The van der Waals surface area contributed by atoms with E-state index in [-0.39, 0.29) is 0 Å². The van der Waals surface area contributed by atoms with Gasteiger partial charge in [-0.1, -0.05) is 181 Å². The molecule has 2 aliphatic rings. The largest absolute Gasteiger partial charge is 0.0622 e. The molecule has 12 aromatic rings. The maximum absolute atomic E-state index is 2.46. The molecule has 0 atom stereocenters. The second kappa shape index (κ2) is 10.5. The average Bonchev–Trinajstić information content (AvgIpc) is 3.78. The van der Waals surface area contributed by atoms with E-state index in [2.05, 4.69) is 183 Å². The molecule has 0 fully saturated rings. The minimum atomic E-state index is 1.25. The first-order valence-corrected chi connectivity index (χ1v) is 20.1. The molecule has 0 nitrogen and oxygen atoms in total. The number of hydrogen-bond donors (Lipinski definition) is 0. The summed E-state index contributed by atoms with van der Waals surface area (Å²) < 4.78 is 0. The summed E-state index contributed by atoms with van der Waals surface area (Å²) in [6.07, 6.45) is 0. The molecule has 0 aliphatic heterocycles. The lowest BCUT2D eigenvalue weighted by molar-refractivity contribution is 1.48. The van der Waals surface area contributed by atoms with Gasteiger partial charge in [0.05, 0.1) is 0 Å². The molecule has 0 spiro atoms. The molecule has 0 unspecified atom stereocenters. The van der Waals surface area contributed by atoms with E-state index in [1.165, 1.54) is 148 Å². The van der Waals surface area contributed by atoms with Crippen LogP contribution in [0, 0.1) is 6.92 Å². The normalized spacial score (nSPS) is 12.6. The Kier molecular flexibility index (Phi) is 5.53. The van der Waals surface area contributed by atoms with Gasteiger partial charge in [-0.25, -0.2) is 0 Å². The summed E-state index contributed by atoms with van der Waals surface area (Å²) in [5.41, 5.74) is 17.2. The van der Waals surface area contributed by atoms with Gasteiger partial charge in [0.2, 0.25) is 0 Å². The lowest BCUT2D eigenvalue weighted by Crippen LogP contribution is -1.96. The van der Waals surface area contributed by atoms with Crippen LogP contribution in [-0.4, -0.2) is 0 Å². The van der Waals surface area contributed by atoms with E-state index < -0.39 is 0 Å². The molecule has 0 saturated carbocycles. The van der Waals surface area contributed by atoms with Crippen LogP contribution in [-0.2, 0) is 0 Å². The van der Waals surface area contributed by atoms with E-state index in [4.69, 9.17) is 0 Å². The van der Waals surface area contributed by atoms with Crippen LogP contribution >= 0.6 is 0 Å². The molecule has 14 rings (SSSR count). The molecular weight excluding hydrogens is 685 g/mol. The van der Waals surface area contributed by atoms with Crippen LogP contribution < -0.4 is 0 Å². The predicted octanol–water partition coefficient (Wildman–Crippen LogP) is 16.1. The van der Waals surface area contributed by atoms with Gasteiger partial charge >= 0.3 is 0 Å². The van der Waals surface area contributed by atoms with Crippen molar-refractivity contribution in [3.8, 4) is 66.8 Å². The molecule has 0 heteroatoms. The quantitative estimate of drug-likeness (QED) is 0.123. The summed E-state index contributed by atoms with van der Waals surface area (Å²) in [5.74, 6) is 0. The minimum absolute atomic E-state index is 1.25. The number of benzene rings is 12. The van der Waals surface area contributed by atoms with E-state index in [0.29, 0.717) is 0 Å². The molecule has 0 N–H and O–H groups in total. The zero-order valence-electron chi connectivity index (χ0n) is 31.2. The van der Waals surface area contributed by atoms with Gasteiger partial charge in [-0.2, -0.15) is 0 Å². The topological polar surface area (TPSA) is 0 Å². The van der Waals surface area contributed by atoms with Gasteiger partial charge in [0.15, 0.2) is 0 Å². The van der Waals surface area contributed by atoms with E-state index in [1.54, 1.807) is 0 Å². The SMILES string of the molecule is Cc1ccc2c(c1)-c1ccc3c4ccc5c6c(ccc(c7ccc-2c1c73)c64)-c1c-5c(-c2ccccc2)c2c3ccccc3c3ccccc3c2c1-c1ccccc1. The fraction of sp³-hybridized carbons (Fsp3) is 0.0175. The molecule has 12 aromatic carbocycles. The minimum Gasteiger partial charge on any atom is -0.0622 e. The number of aryl methyl sites for hydroxylation is 1. The van der Waals surface area contributed by atoms with E-state index in [9.17, 15) is 0 Å². The van der Waals surface area contributed by atoms with Crippen LogP contribution in [0.25, 0.3) is 142 Å². The molecule has 0 bridgehead atoms. The summed E-state index contributed by atoms with van der Waals surface area (Å²) in [6.45, 7) is 2.20. The van der Waals surface area contributed by atoms with Crippen LogP contribution in [0.5, 0.6) is 0 Å². The fourth-order valence-electron chi connectivity index (χ4n) is 11.4. The van der Waals surface area contributed by atoms with Gasteiger partial charge in [0.1, 0.15) is 0 Å². The van der Waals surface area contributed by atoms with Crippen LogP contribution in [0.4, 0.5) is 0 Å². The van der Waals surface area contributed by atoms with Crippen LogP contribution in [0.15, 0.2) is 176 Å². The highest BCUT2D eigenvalue weighted by Gasteiger charge is 2.34. The molecule has 260 valence electrons. The third-order valence-corrected chi connectivity index (χ3v) is 13.5. The van der Waals surface area contributed by atoms with Crippen LogP contribution in [0.1, 0.15) is 5.56 Å². The van der Waals surface area contributed by atoms with Crippen LogP contribution in [0.2, 0.25) is 0 Å². The van der Waals surface area contributed by atoms with Crippen molar-refractivity contribution in [2.24, 2.45) is 0 Å². The second-order valence-corrected chi connectivity index (χ2v) is 16.3. The first-order chi connectivity index (χ1) is 28.2. The summed E-state index contributed by atoms with van der Waals surface area (Å²) in [6, 6.07) is 66.8. The van der Waals surface area contributed by atoms with Crippen molar-refractivity contribution >= 4 is 75.4 Å². The van der Waals surface area contributed by atoms with Crippen molar-refractivity contribution in [3.63, 3.8) is 0 Å². The van der Waals surface area contributed by atoms with E-state index in [1.807, 2.05) is 0 Å². The second-order valence-electron chi connectivity index (χ2n) is 16.3. The Morgan fingerprint density at radius 2 is 0.596 bits per heavy atom. The third kappa shape index (κ3) is 3.61. The Morgan fingerprint density at radius 1 is 0.228 bits per heavy atom. The Bertz CT molecular complexity index is 3590. The van der Waals surface area contributed by atoms with Gasteiger partial charge in [0, 0.05) is 0 Å². The highest BCUT2D eigenvalue weighted by atomic mass is 14.4. The van der Waals surface area contributed by atoms with Crippen LogP contribution in [0.3, 0.4) is 0 Å². The molecule has 0 amide bonds. The van der Waals surface area contributed by atoms with Crippen molar-refractivity contribution in [2.45, 2.75) is 6.92 Å². The summed E-state index contributed by atoms with van der Waals surface area (Å²) in [4.78, 5) is 0. The Balaban J connectivity index is 1.22. The maximum atomic E-state index is 2.46. The monoisotopic (exact) mass is 716 g/mol. The maximum Gasteiger partial charge on any atom is -0.000717 e. The number of fused-ring (bicyclic) bond motifs is 14. The van der Waals surface area contributed by atoms with Crippen molar-refractivity contribution < 1.29 is 0 Å². The Labute approximate surface area is 329 Å². The van der Waals surface area contributed by atoms with Crippen molar-refractivity contribution in [2.75, 3.05) is 0 Å². The fourth-order valence-corrected chi connectivity index (χ4v) is 11.4. The lowest BCUT2D eigenvalue weighted by atomic mass is 9.79. The van der Waals surface area contributed by atoms with Crippen molar-refractivity contribution in [1.29, 1.82) is 0 Å². The van der Waals surface area contributed by atoms with E-state index >= 15 is 0 Å². The molecule has 57 heavy (non-hydrogen) atoms. The number of hydrogen-bond acceptors (Lipinski definition) is 0.